The number of hydrogen-bond donors (Lipinski definition) is 1. The zero-order valence-corrected chi connectivity index (χ0v) is 17.8. The standard InChI is InChI=1S/C18H34N4O2.2ClH/c1-15-3-4-16(2)22(15)11-8-20-6-9-21(10-7-20)18(23)13-17-14-24-12-5-19-17;;/h15-17,19H,3-14H2,1-2H3;2*1H. The Bertz CT molecular complexity index is 406. The van der Waals surface area contributed by atoms with Gasteiger partial charge in [0.15, 0.2) is 0 Å². The molecule has 0 aromatic carbocycles. The number of nitrogens with zero attached hydrogens (tertiary/aromatic N) is 3. The molecule has 1 N–H and O–H groups in total. The molecule has 3 unspecified atom stereocenters. The maximum Gasteiger partial charge on any atom is 0.224 e. The van der Waals surface area contributed by atoms with E-state index in [0.29, 0.717) is 13.0 Å². The van der Waals surface area contributed by atoms with Gasteiger partial charge in [-0.05, 0) is 26.7 Å². The molecule has 3 heterocycles. The van der Waals surface area contributed by atoms with E-state index in [4.69, 9.17) is 4.74 Å². The Morgan fingerprint density at radius 2 is 1.69 bits per heavy atom. The van der Waals surface area contributed by atoms with Crippen molar-refractivity contribution >= 4 is 30.7 Å². The van der Waals surface area contributed by atoms with E-state index in [1.165, 1.54) is 19.4 Å². The van der Waals surface area contributed by atoms with Crippen molar-refractivity contribution in [3.05, 3.63) is 0 Å². The lowest BCUT2D eigenvalue weighted by Gasteiger charge is -2.37. The predicted molar refractivity (Wildman–Crippen MR) is 110 cm³/mol. The summed E-state index contributed by atoms with van der Waals surface area (Å²) in [6.45, 7) is 13.1. The van der Waals surface area contributed by atoms with Gasteiger partial charge in [-0.1, -0.05) is 0 Å². The largest absolute Gasteiger partial charge is 0.378 e. The van der Waals surface area contributed by atoms with E-state index >= 15 is 0 Å². The van der Waals surface area contributed by atoms with Gasteiger partial charge in [-0.3, -0.25) is 14.6 Å². The fraction of sp³-hybridized carbons (Fsp3) is 0.944. The van der Waals surface area contributed by atoms with Crippen LogP contribution >= 0.6 is 24.8 Å². The third-order valence-electron chi connectivity index (χ3n) is 5.95. The first-order valence-electron chi connectivity index (χ1n) is 9.70. The Hall–Kier alpha value is -0.110. The molecule has 0 radical (unpaired) electrons. The number of ether oxygens (including phenoxy) is 1. The van der Waals surface area contributed by atoms with Crippen LogP contribution < -0.4 is 5.32 Å². The average molecular weight is 411 g/mol. The summed E-state index contributed by atoms with van der Waals surface area (Å²) in [5.74, 6) is 0.277. The number of morpholine rings is 1. The van der Waals surface area contributed by atoms with Gasteiger partial charge in [0.05, 0.1) is 13.2 Å². The molecule has 0 aliphatic carbocycles. The molecule has 154 valence electrons. The SMILES string of the molecule is CC1CCC(C)N1CCN1CCN(C(=O)CC2COCCN2)CC1.Cl.Cl. The van der Waals surface area contributed by atoms with Gasteiger partial charge >= 0.3 is 0 Å². The molecule has 3 fully saturated rings. The van der Waals surface area contributed by atoms with E-state index in [2.05, 4.69) is 29.0 Å². The predicted octanol–water partition coefficient (Wildman–Crippen LogP) is 1.23. The maximum absolute atomic E-state index is 12.4. The second-order valence-corrected chi connectivity index (χ2v) is 7.67. The molecular formula is C18H36Cl2N4O2. The highest BCUT2D eigenvalue weighted by atomic mass is 35.5. The minimum atomic E-state index is 0. The van der Waals surface area contributed by atoms with Gasteiger partial charge in [0, 0.05) is 70.4 Å². The second-order valence-electron chi connectivity index (χ2n) is 7.67. The van der Waals surface area contributed by atoms with Crippen molar-refractivity contribution in [2.45, 2.75) is 51.2 Å². The van der Waals surface area contributed by atoms with E-state index in [1.807, 2.05) is 4.90 Å². The highest BCUT2D eigenvalue weighted by molar-refractivity contribution is 5.85. The van der Waals surface area contributed by atoms with Gasteiger partial charge < -0.3 is 15.0 Å². The monoisotopic (exact) mass is 410 g/mol. The summed E-state index contributed by atoms with van der Waals surface area (Å²) in [7, 11) is 0. The van der Waals surface area contributed by atoms with Crippen molar-refractivity contribution < 1.29 is 9.53 Å². The van der Waals surface area contributed by atoms with Crippen LogP contribution in [0.3, 0.4) is 0 Å². The zero-order valence-electron chi connectivity index (χ0n) is 16.2. The van der Waals surface area contributed by atoms with Gasteiger partial charge in [0.2, 0.25) is 5.91 Å². The van der Waals surface area contributed by atoms with Crippen LogP contribution in [-0.2, 0) is 9.53 Å². The molecule has 0 saturated carbocycles. The van der Waals surface area contributed by atoms with E-state index in [9.17, 15) is 4.79 Å². The molecule has 3 atom stereocenters. The molecule has 8 heteroatoms. The lowest BCUT2D eigenvalue weighted by molar-refractivity contribution is -0.134. The summed E-state index contributed by atoms with van der Waals surface area (Å²) in [6, 6.07) is 1.66. The first-order chi connectivity index (χ1) is 11.6. The molecule has 26 heavy (non-hydrogen) atoms. The number of hydrogen-bond acceptors (Lipinski definition) is 5. The summed E-state index contributed by atoms with van der Waals surface area (Å²) < 4.78 is 5.44. The molecule has 1 amide bonds. The lowest BCUT2D eigenvalue weighted by Crippen LogP contribution is -2.52. The number of halogens is 2. The maximum atomic E-state index is 12.4. The Morgan fingerprint density at radius 1 is 1.04 bits per heavy atom. The first kappa shape index (κ1) is 23.9. The molecule has 3 rings (SSSR count). The molecule has 3 aliphatic heterocycles. The number of piperazine rings is 1. The van der Waals surface area contributed by atoms with E-state index < -0.39 is 0 Å². The van der Waals surface area contributed by atoms with Crippen LogP contribution in [0.15, 0.2) is 0 Å². The minimum absolute atomic E-state index is 0. The highest BCUT2D eigenvalue weighted by Crippen LogP contribution is 2.22. The quantitative estimate of drug-likeness (QED) is 0.738. The van der Waals surface area contributed by atoms with Crippen LogP contribution in [0.1, 0.15) is 33.1 Å². The summed E-state index contributed by atoms with van der Waals surface area (Å²) in [4.78, 5) is 19.6. The normalized spacial score (nSPS) is 30.5. The van der Waals surface area contributed by atoms with Crippen molar-refractivity contribution in [2.24, 2.45) is 0 Å². The van der Waals surface area contributed by atoms with Crippen molar-refractivity contribution in [3.63, 3.8) is 0 Å². The van der Waals surface area contributed by atoms with Crippen LogP contribution in [0, 0.1) is 0 Å². The molecule has 0 aromatic rings. The van der Waals surface area contributed by atoms with Crippen molar-refractivity contribution in [2.75, 3.05) is 59.0 Å². The van der Waals surface area contributed by atoms with E-state index in [0.717, 1.165) is 58.0 Å². The van der Waals surface area contributed by atoms with Gasteiger partial charge in [-0.2, -0.15) is 0 Å². The lowest BCUT2D eigenvalue weighted by atomic mass is 10.1. The number of likely N-dealkylation sites (tertiary alicyclic amines) is 1. The van der Waals surface area contributed by atoms with Crippen molar-refractivity contribution in [3.8, 4) is 0 Å². The van der Waals surface area contributed by atoms with Gasteiger partial charge in [-0.25, -0.2) is 0 Å². The molecule has 0 spiro atoms. The third kappa shape index (κ3) is 6.50. The van der Waals surface area contributed by atoms with Crippen LogP contribution in [0.5, 0.6) is 0 Å². The molecule has 0 aromatic heterocycles. The molecule has 0 bridgehead atoms. The van der Waals surface area contributed by atoms with Gasteiger partial charge in [0.25, 0.3) is 0 Å². The molecular weight excluding hydrogens is 375 g/mol. The number of nitrogens with one attached hydrogen (secondary N) is 1. The first-order valence-corrected chi connectivity index (χ1v) is 9.70. The summed E-state index contributed by atoms with van der Waals surface area (Å²) in [5, 5.41) is 3.37. The van der Waals surface area contributed by atoms with Crippen molar-refractivity contribution in [1.82, 2.24) is 20.0 Å². The summed E-state index contributed by atoms with van der Waals surface area (Å²) in [5.41, 5.74) is 0. The van der Waals surface area contributed by atoms with Crippen LogP contribution in [0.25, 0.3) is 0 Å². The van der Waals surface area contributed by atoms with Crippen LogP contribution in [-0.4, -0.2) is 97.8 Å². The third-order valence-corrected chi connectivity index (χ3v) is 5.95. The Labute approximate surface area is 170 Å². The highest BCUT2D eigenvalue weighted by Gasteiger charge is 2.28. The zero-order chi connectivity index (χ0) is 16.9. The summed E-state index contributed by atoms with van der Waals surface area (Å²) in [6.07, 6.45) is 3.24. The topological polar surface area (TPSA) is 48.0 Å². The average Bonchev–Trinajstić information content (AvgIpc) is 2.92. The number of carbonyl (C=O) groups is 1. The van der Waals surface area contributed by atoms with Crippen molar-refractivity contribution in [1.29, 1.82) is 0 Å². The smallest absolute Gasteiger partial charge is 0.224 e. The number of amides is 1. The molecule has 6 nitrogen and oxygen atoms in total. The van der Waals surface area contributed by atoms with Gasteiger partial charge in [0.1, 0.15) is 0 Å². The fourth-order valence-electron chi connectivity index (χ4n) is 4.26. The summed E-state index contributed by atoms with van der Waals surface area (Å²) >= 11 is 0. The minimum Gasteiger partial charge on any atom is -0.378 e. The van der Waals surface area contributed by atoms with E-state index in [1.54, 1.807) is 0 Å². The fourth-order valence-corrected chi connectivity index (χ4v) is 4.26. The Kier molecular flexibility index (Phi) is 10.7. The molecule has 3 aliphatic rings. The number of carbonyl (C=O) groups excluding carboxylic acids is 1. The van der Waals surface area contributed by atoms with E-state index in [-0.39, 0.29) is 36.8 Å². The second kappa shape index (κ2) is 11.7. The number of rotatable bonds is 5. The van der Waals surface area contributed by atoms with Gasteiger partial charge in [-0.15, -0.1) is 24.8 Å². The molecule has 3 saturated heterocycles. The Balaban J connectivity index is 0.00000169. The Morgan fingerprint density at radius 3 is 2.27 bits per heavy atom. The van der Waals surface area contributed by atoms with Crippen LogP contribution in [0.4, 0.5) is 0 Å². The van der Waals surface area contributed by atoms with Crippen LogP contribution in [0.2, 0.25) is 0 Å².